The van der Waals surface area contributed by atoms with Crippen LogP contribution < -0.4 is 15.8 Å². The highest BCUT2D eigenvalue weighted by Gasteiger charge is 2.21. The number of hydrogen-bond donors (Lipinski definition) is 2. The van der Waals surface area contributed by atoms with Crippen molar-refractivity contribution in [2.45, 2.75) is 19.8 Å². The Morgan fingerprint density at radius 3 is 3.00 bits per heavy atom. The number of carbonyl (C=O) groups excluding carboxylic acids is 1. The molecule has 1 aromatic heterocycles. The summed E-state index contributed by atoms with van der Waals surface area (Å²) < 4.78 is 5.31. The van der Waals surface area contributed by atoms with Crippen LogP contribution in [0.15, 0.2) is 12.1 Å². The first-order valence-electron chi connectivity index (χ1n) is 5.78. The predicted molar refractivity (Wildman–Crippen MR) is 64.6 cm³/mol. The van der Waals surface area contributed by atoms with E-state index in [1.165, 1.54) is 12.8 Å². The monoisotopic (exact) mass is 235 g/mol. The summed E-state index contributed by atoms with van der Waals surface area (Å²) in [5.41, 5.74) is 6.50. The van der Waals surface area contributed by atoms with Crippen LogP contribution in [-0.4, -0.2) is 24.0 Å². The Morgan fingerprint density at radius 2 is 2.35 bits per heavy atom. The molecule has 2 rings (SSSR count). The fraction of sp³-hybridized carbons (Fsp3) is 0.500. The lowest BCUT2D eigenvalue weighted by Crippen LogP contribution is -2.30. The standard InChI is InChI=1S/C12H17N3O2/c1-8-2-5-10(12(13)15-8)17-7-11(16)14-6-9-3-4-9/h2,5,9H,3-4,6-7H2,1H3,(H2,13,15)(H,14,16). The third kappa shape index (κ3) is 3.62. The van der Waals surface area contributed by atoms with Crippen LogP contribution in [0.25, 0.3) is 0 Å². The van der Waals surface area contributed by atoms with Crippen molar-refractivity contribution >= 4 is 11.7 Å². The Hall–Kier alpha value is -1.78. The van der Waals surface area contributed by atoms with Crippen LogP contribution in [0.2, 0.25) is 0 Å². The van der Waals surface area contributed by atoms with Crippen molar-refractivity contribution in [1.29, 1.82) is 0 Å². The molecule has 1 fully saturated rings. The lowest BCUT2D eigenvalue weighted by Gasteiger charge is -2.08. The van der Waals surface area contributed by atoms with Crippen LogP contribution in [0.4, 0.5) is 5.82 Å². The Bertz CT molecular complexity index is 416. The summed E-state index contributed by atoms with van der Waals surface area (Å²) >= 11 is 0. The fourth-order valence-corrected chi connectivity index (χ4v) is 1.46. The van der Waals surface area contributed by atoms with Gasteiger partial charge in [-0.05, 0) is 37.8 Å². The van der Waals surface area contributed by atoms with Crippen LogP contribution in [0.1, 0.15) is 18.5 Å². The van der Waals surface area contributed by atoms with E-state index in [0.717, 1.165) is 12.2 Å². The smallest absolute Gasteiger partial charge is 0.257 e. The molecule has 5 nitrogen and oxygen atoms in total. The van der Waals surface area contributed by atoms with Gasteiger partial charge >= 0.3 is 0 Å². The molecule has 1 heterocycles. The molecule has 0 bridgehead atoms. The molecule has 1 aliphatic rings. The van der Waals surface area contributed by atoms with Gasteiger partial charge in [-0.3, -0.25) is 4.79 Å². The molecular weight excluding hydrogens is 218 g/mol. The number of nitrogens with zero attached hydrogens (tertiary/aromatic N) is 1. The van der Waals surface area contributed by atoms with Gasteiger partial charge in [-0.15, -0.1) is 0 Å². The number of aromatic nitrogens is 1. The largest absolute Gasteiger partial charge is 0.480 e. The van der Waals surface area contributed by atoms with Gasteiger partial charge < -0.3 is 15.8 Å². The van der Waals surface area contributed by atoms with Crippen LogP contribution in [0.3, 0.4) is 0 Å². The van der Waals surface area contributed by atoms with E-state index in [-0.39, 0.29) is 12.5 Å². The normalized spacial score (nSPS) is 14.4. The first-order chi connectivity index (χ1) is 8.15. The first-order valence-corrected chi connectivity index (χ1v) is 5.78. The second kappa shape index (κ2) is 5.03. The van der Waals surface area contributed by atoms with E-state index in [2.05, 4.69) is 10.3 Å². The molecule has 3 N–H and O–H groups in total. The van der Waals surface area contributed by atoms with Crippen molar-refractivity contribution in [3.63, 3.8) is 0 Å². The Balaban J connectivity index is 1.77. The molecule has 0 atom stereocenters. The lowest BCUT2D eigenvalue weighted by atomic mass is 10.3. The Morgan fingerprint density at radius 1 is 1.59 bits per heavy atom. The molecule has 1 aromatic rings. The molecule has 0 saturated heterocycles. The molecule has 0 aliphatic heterocycles. The maximum Gasteiger partial charge on any atom is 0.257 e. The number of aryl methyl sites for hydroxylation is 1. The quantitative estimate of drug-likeness (QED) is 0.794. The Kier molecular flexibility index (Phi) is 3.46. The summed E-state index contributed by atoms with van der Waals surface area (Å²) in [6.07, 6.45) is 2.44. The maximum absolute atomic E-state index is 11.4. The number of rotatable bonds is 5. The summed E-state index contributed by atoms with van der Waals surface area (Å²) in [5.74, 6) is 1.33. The number of hydrogen-bond acceptors (Lipinski definition) is 4. The molecule has 1 amide bonds. The van der Waals surface area contributed by atoms with Gasteiger partial charge in [-0.1, -0.05) is 0 Å². The second-order valence-electron chi connectivity index (χ2n) is 4.37. The van der Waals surface area contributed by atoms with Crippen molar-refractivity contribution in [2.24, 2.45) is 5.92 Å². The van der Waals surface area contributed by atoms with Crippen LogP contribution in [0.5, 0.6) is 5.75 Å². The summed E-state index contributed by atoms with van der Waals surface area (Å²) in [7, 11) is 0. The molecule has 0 aromatic carbocycles. The van der Waals surface area contributed by atoms with Crippen molar-refractivity contribution in [3.8, 4) is 5.75 Å². The Labute approximate surface area is 100 Å². The number of ether oxygens (including phenoxy) is 1. The number of pyridine rings is 1. The van der Waals surface area contributed by atoms with Gasteiger partial charge in [0, 0.05) is 12.2 Å². The van der Waals surface area contributed by atoms with E-state index in [1.54, 1.807) is 12.1 Å². The number of nitrogens with two attached hydrogens (primary N) is 1. The highest BCUT2D eigenvalue weighted by atomic mass is 16.5. The zero-order valence-electron chi connectivity index (χ0n) is 9.90. The summed E-state index contributed by atoms with van der Waals surface area (Å²) in [6.45, 7) is 2.59. The number of amides is 1. The van der Waals surface area contributed by atoms with Crippen LogP contribution >= 0.6 is 0 Å². The van der Waals surface area contributed by atoms with Crippen molar-refractivity contribution in [1.82, 2.24) is 10.3 Å². The second-order valence-corrected chi connectivity index (χ2v) is 4.37. The average molecular weight is 235 g/mol. The highest BCUT2D eigenvalue weighted by Crippen LogP contribution is 2.27. The zero-order chi connectivity index (χ0) is 12.3. The van der Waals surface area contributed by atoms with Gasteiger partial charge in [0.2, 0.25) is 0 Å². The summed E-state index contributed by atoms with van der Waals surface area (Å²) in [5, 5.41) is 2.82. The fourth-order valence-electron chi connectivity index (χ4n) is 1.46. The first kappa shape index (κ1) is 11.7. The SMILES string of the molecule is Cc1ccc(OCC(=O)NCC2CC2)c(N)n1. The van der Waals surface area contributed by atoms with Crippen LogP contribution in [-0.2, 0) is 4.79 Å². The molecule has 0 unspecified atom stereocenters. The molecule has 1 saturated carbocycles. The molecule has 0 spiro atoms. The molecular formula is C12H17N3O2. The minimum Gasteiger partial charge on any atom is -0.480 e. The lowest BCUT2D eigenvalue weighted by molar-refractivity contribution is -0.123. The maximum atomic E-state index is 11.4. The number of nitrogen functional groups attached to an aromatic ring is 1. The van der Waals surface area contributed by atoms with Gasteiger partial charge in [-0.25, -0.2) is 4.98 Å². The van der Waals surface area contributed by atoms with E-state index in [1.807, 2.05) is 6.92 Å². The van der Waals surface area contributed by atoms with Crippen molar-refractivity contribution in [3.05, 3.63) is 17.8 Å². The molecule has 1 aliphatic carbocycles. The molecule has 0 radical (unpaired) electrons. The van der Waals surface area contributed by atoms with Gasteiger partial charge in [0.1, 0.15) is 0 Å². The zero-order valence-corrected chi connectivity index (χ0v) is 9.90. The third-order valence-electron chi connectivity index (χ3n) is 2.67. The molecule has 5 heteroatoms. The van der Waals surface area contributed by atoms with Gasteiger partial charge in [-0.2, -0.15) is 0 Å². The minimum absolute atomic E-state index is 0.0122. The average Bonchev–Trinajstić information content (AvgIpc) is 3.09. The highest BCUT2D eigenvalue weighted by molar-refractivity contribution is 5.77. The van der Waals surface area contributed by atoms with Gasteiger partial charge in [0.15, 0.2) is 18.2 Å². The number of nitrogens with one attached hydrogen (secondary N) is 1. The topological polar surface area (TPSA) is 77.2 Å². The van der Waals surface area contributed by atoms with E-state index in [9.17, 15) is 4.79 Å². The number of anilines is 1. The molecule has 92 valence electrons. The molecule has 17 heavy (non-hydrogen) atoms. The van der Waals surface area contributed by atoms with Crippen molar-refractivity contribution in [2.75, 3.05) is 18.9 Å². The third-order valence-corrected chi connectivity index (χ3v) is 2.67. The van der Waals surface area contributed by atoms with E-state index in [0.29, 0.717) is 17.5 Å². The van der Waals surface area contributed by atoms with E-state index >= 15 is 0 Å². The van der Waals surface area contributed by atoms with E-state index < -0.39 is 0 Å². The number of carbonyl (C=O) groups is 1. The minimum atomic E-state index is -0.114. The predicted octanol–water partition coefficient (Wildman–Crippen LogP) is 0.877. The van der Waals surface area contributed by atoms with Crippen LogP contribution in [0, 0.1) is 12.8 Å². The summed E-state index contributed by atoms with van der Waals surface area (Å²) in [4.78, 5) is 15.5. The van der Waals surface area contributed by atoms with E-state index in [4.69, 9.17) is 10.5 Å². The van der Waals surface area contributed by atoms with Crippen molar-refractivity contribution < 1.29 is 9.53 Å². The van der Waals surface area contributed by atoms with Gasteiger partial charge in [0.25, 0.3) is 5.91 Å². The van der Waals surface area contributed by atoms with Gasteiger partial charge in [0.05, 0.1) is 0 Å². The summed E-state index contributed by atoms with van der Waals surface area (Å²) in [6, 6.07) is 3.53.